The molecule has 0 amide bonds. The van der Waals surface area contributed by atoms with Crippen LogP contribution in [0.2, 0.25) is 0 Å². The van der Waals surface area contributed by atoms with Crippen LogP contribution in [0.3, 0.4) is 0 Å². The van der Waals surface area contributed by atoms with Gasteiger partial charge in [0.1, 0.15) is 0 Å². The molecule has 160 valence electrons. The van der Waals surface area contributed by atoms with E-state index in [-0.39, 0.29) is 0 Å². The van der Waals surface area contributed by atoms with Gasteiger partial charge in [0.05, 0.1) is 22.4 Å². The van der Waals surface area contributed by atoms with Crippen molar-refractivity contribution in [2.75, 3.05) is 0 Å². The SMILES string of the molecule is c1ccc(-c2nc3ccccc3nc2-c2ccc(-c3cccc(-c4cccnc4)c3)cc2)cc1. The van der Waals surface area contributed by atoms with E-state index in [4.69, 9.17) is 9.97 Å². The van der Waals surface area contributed by atoms with Gasteiger partial charge in [0, 0.05) is 29.1 Å². The summed E-state index contributed by atoms with van der Waals surface area (Å²) in [5.74, 6) is 0. The van der Waals surface area contributed by atoms with Crippen molar-refractivity contribution < 1.29 is 0 Å². The van der Waals surface area contributed by atoms with Crippen molar-refractivity contribution in [3.05, 3.63) is 128 Å². The van der Waals surface area contributed by atoms with Gasteiger partial charge in [0.15, 0.2) is 0 Å². The summed E-state index contributed by atoms with van der Waals surface area (Å²) in [6.45, 7) is 0. The molecular formula is C31H21N3. The number of rotatable bonds is 4. The lowest BCUT2D eigenvalue weighted by molar-refractivity contribution is 1.29. The lowest BCUT2D eigenvalue weighted by Gasteiger charge is -2.11. The molecular weight excluding hydrogens is 414 g/mol. The van der Waals surface area contributed by atoms with E-state index in [0.717, 1.165) is 50.2 Å². The first-order valence-electron chi connectivity index (χ1n) is 11.3. The summed E-state index contributed by atoms with van der Waals surface area (Å²) < 4.78 is 0. The predicted octanol–water partition coefficient (Wildman–Crippen LogP) is 7.69. The van der Waals surface area contributed by atoms with Gasteiger partial charge in [0.25, 0.3) is 0 Å². The maximum absolute atomic E-state index is 5.01. The Hall–Kier alpha value is -4.63. The number of benzene rings is 4. The Morgan fingerprint density at radius 3 is 1.56 bits per heavy atom. The van der Waals surface area contributed by atoms with E-state index in [1.807, 2.05) is 54.7 Å². The Morgan fingerprint density at radius 2 is 0.912 bits per heavy atom. The maximum atomic E-state index is 5.01. The van der Waals surface area contributed by atoms with E-state index in [1.165, 1.54) is 5.56 Å². The number of hydrogen-bond donors (Lipinski definition) is 0. The van der Waals surface area contributed by atoms with Crippen LogP contribution in [0, 0.1) is 0 Å². The van der Waals surface area contributed by atoms with Crippen molar-refractivity contribution in [2.24, 2.45) is 0 Å². The van der Waals surface area contributed by atoms with Gasteiger partial charge in [0.2, 0.25) is 0 Å². The highest BCUT2D eigenvalue weighted by atomic mass is 14.8. The van der Waals surface area contributed by atoms with Gasteiger partial charge in [-0.25, -0.2) is 9.97 Å². The summed E-state index contributed by atoms with van der Waals surface area (Å²) in [7, 11) is 0. The topological polar surface area (TPSA) is 38.7 Å². The summed E-state index contributed by atoms with van der Waals surface area (Å²) in [6, 6.07) is 39.5. The zero-order valence-electron chi connectivity index (χ0n) is 18.5. The highest BCUT2D eigenvalue weighted by Gasteiger charge is 2.13. The second-order valence-corrected chi connectivity index (χ2v) is 8.18. The molecule has 34 heavy (non-hydrogen) atoms. The van der Waals surface area contributed by atoms with Crippen LogP contribution in [0.4, 0.5) is 0 Å². The number of pyridine rings is 1. The van der Waals surface area contributed by atoms with E-state index in [2.05, 4.69) is 71.7 Å². The molecule has 3 nitrogen and oxygen atoms in total. The maximum Gasteiger partial charge on any atom is 0.0973 e. The van der Waals surface area contributed by atoms with E-state index >= 15 is 0 Å². The molecule has 0 fully saturated rings. The normalized spacial score (nSPS) is 10.9. The zero-order valence-corrected chi connectivity index (χ0v) is 18.5. The van der Waals surface area contributed by atoms with E-state index < -0.39 is 0 Å². The van der Waals surface area contributed by atoms with Gasteiger partial charge in [-0.15, -0.1) is 0 Å². The van der Waals surface area contributed by atoms with Gasteiger partial charge in [-0.1, -0.05) is 91.0 Å². The highest BCUT2D eigenvalue weighted by molar-refractivity contribution is 5.86. The summed E-state index contributed by atoms with van der Waals surface area (Å²) in [6.07, 6.45) is 3.69. The van der Waals surface area contributed by atoms with Crippen LogP contribution in [-0.4, -0.2) is 15.0 Å². The largest absolute Gasteiger partial charge is 0.264 e. The van der Waals surface area contributed by atoms with Crippen molar-refractivity contribution in [2.45, 2.75) is 0 Å². The van der Waals surface area contributed by atoms with Crippen LogP contribution in [0.1, 0.15) is 0 Å². The second kappa shape index (κ2) is 8.72. The Bertz CT molecular complexity index is 1570. The molecule has 0 aliphatic rings. The van der Waals surface area contributed by atoms with Crippen LogP contribution in [-0.2, 0) is 0 Å². The standard InChI is InChI=1S/C31H21N3/c1-2-8-23(9-3-1)30-31(34-29-14-5-4-13-28(29)33-30)24-17-15-22(16-18-24)25-10-6-11-26(20-25)27-12-7-19-32-21-27/h1-21H. The monoisotopic (exact) mass is 435 g/mol. The molecule has 0 atom stereocenters. The van der Waals surface area contributed by atoms with Gasteiger partial charge in [-0.3, -0.25) is 4.98 Å². The molecule has 6 aromatic rings. The van der Waals surface area contributed by atoms with Crippen LogP contribution >= 0.6 is 0 Å². The van der Waals surface area contributed by atoms with Crippen molar-refractivity contribution in [3.63, 3.8) is 0 Å². The Balaban J connectivity index is 1.42. The molecule has 0 N–H and O–H groups in total. The molecule has 0 bridgehead atoms. The summed E-state index contributed by atoms with van der Waals surface area (Å²) in [5.41, 5.74) is 10.3. The highest BCUT2D eigenvalue weighted by Crippen LogP contribution is 2.33. The van der Waals surface area contributed by atoms with E-state index in [0.29, 0.717) is 0 Å². The van der Waals surface area contributed by atoms with Crippen molar-refractivity contribution >= 4 is 11.0 Å². The van der Waals surface area contributed by atoms with Gasteiger partial charge < -0.3 is 0 Å². The molecule has 2 heterocycles. The molecule has 0 saturated carbocycles. The lowest BCUT2D eigenvalue weighted by atomic mass is 9.97. The first kappa shape index (κ1) is 20.0. The molecule has 3 heteroatoms. The number of nitrogens with zero attached hydrogens (tertiary/aromatic N) is 3. The molecule has 0 aliphatic heterocycles. The van der Waals surface area contributed by atoms with Crippen LogP contribution in [0.25, 0.3) is 55.8 Å². The van der Waals surface area contributed by atoms with Gasteiger partial charge in [-0.05, 0) is 41.0 Å². The molecule has 0 unspecified atom stereocenters. The van der Waals surface area contributed by atoms with Crippen LogP contribution in [0.5, 0.6) is 0 Å². The van der Waals surface area contributed by atoms with Crippen molar-refractivity contribution in [1.29, 1.82) is 0 Å². The van der Waals surface area contributed by atoms with Gasteiger partial charge >= 0.3 is 0 Å². The van der Waals surface area contributed by atoms with Gasteiger partial charge in [-0.2, -0.15) is 0 Å². The second-order valence-electron chi connectivity index (χ2n) is 8.18. The lowest BCUT2D eigenvalue weighted by Crippen LogP contribution is -1.95. The predicted molar refractivity (Wildman–Crippen MR) is 139 cm³/mol. The Labute approximate surface area is 198 Å². The number of para-hydroxylation sites is 2. The number of fused-ring (bicyclic) bond motifs is 1. The summed E-state index contributed by atoms with van der Waals surface area (Å²) in [5, 5.41) is 0. The quantitative estimate of drug-likeness (QED) is 0.285. The first-order chi connectivity index (χ1) is 16.8. The molecule has 0 saturated heterocycles. The molecule has 0 radical (unpaired) electrons. The number of aromatic nitrogens is 3. The minimum atomic E-state index is 0.889. The molecule has 4 aromatic carbocycles. The average molecular weight is 436 g/mol. The third kappa shape index (κ3) is 3.84. The first-order valence-corrected chi connectivity index (χ1v) is 11.3. The van der Waals surface area contributed by atoms with Crippen molar-refractivity contribution in [1.82, 2.24) is 15.0 Å². The fraction of sp³-hybridized carbons (Fsp3) is 0. The fourth-order valence-corrected chi connectivity index (χ4v) is 4.23. The molecule has 2 aromatic heterocycles. The third-order valence-electron chi connectivity index (χ3n) is 5.97. The minimum absolute atomic E-state index is 0.889. The summed E-state index contributed by atoms with van der Waals surface area (Å²) >= 11 is 0. The fourth-order valence-electron chi connectivity index (χ4n) is 4.23. The summed E-state index contributed by atoms with van der Waals surface area (Å²) in [4.78, 5) is 14.2. The van der Waals surface area contributed by atoms with Crippen molar-refractivity contribution in [3.8, 4) is 44.8 Å². The van der Waals surface area contributed by atoms with Crippen LogP contribution in [0.15, 0.2) is 128 Å². The minimum Gasteiger partial charge on any atom is -0.264 e. The molecule has 0 spiro atoms. The Morgan fingerprint density at radius 1 is 0.382 bits per heavy atom. The number of hydrogen-bond acceptors (Lipinski definition) is 3. The Kier molecular flexibility index (Phi) is 5.13. The van der Waals surface area contributed by atoms with Crippen LogP contribution < -0.4 is 0 Å². The zero-order chi connectivity index (χ0) is 22.7. The molecule has 6 rings (SSSR count). The smallest absolute Gasteiger partial charge is 0.0973 e. The molecule has 0 aliphatic carbocycles. The average Bonchev–Trinajstić information content (AvgIpc) is 2.93. The van der Waals surface area contributed by atoms with E-state index in [9.17, 15) is 0 Å². The van der Waals surface area contributed by atoms with E-state index in [1.54, 1.807) is 6.20 Å². The third-order valence-corrected chi connectivity index (χ3v) is 5.97.